The lowest BCUT2D eigenvalue weighted by atomic mass is 10.2. The summed E-state index contributed by atoms with van der Waals surface area (Å²) in [5, 5.41) is 7.16. The summed E-state index contributed by atoms with van der Waals surface area (Å²) in [6.07, 6.45) is 3.93. The Labute approximate surface area is 141 Å². The number of hydrogen-bond acceptors (Lipinski definition) is 4. The van der Waals surface area contributed by atoms with E-state index in [1.54, 1.807) is 15.5 Å². The molecule has 1 aliphatic heterocycles. The molecule has 2 aromatic heterocycles. The fourth-order valence-electron chi connectivity index (χ4n) is 3.06. The highest BCUT2D eigenvalue weighted by Crippen LogP contribution is 2.14. The minimum absolute atomic E-state index is 0.134. The highest BCUT2D eigenvalue weighted by molar-refractivity contribution is 5.90. The molecule has 1 saturated heterocycles. The zero-order chi connectivity index (χ0) is 17.1. The number of aromatic nitrogens is 3. The molecule has 0 spiro atoms. The summed E-state index contributed by atoms with van der Waals surface area (Å²) in [7, 11) is 0. The number of nitrogens with zero attached hydrogens (tertiary/aromatic N) is 4. The molecule has 3 heterocycles. The summed E-state index contributed by atoms with van der Waals surface area (Å²) in [5.74, 6) is 0.511. The van der Waals surface area contributed by atoms with Gasteiger partial charge in [0.05, 0.1) is 0 Å². The zero-order valence-electron chi connectivity index (χ0n) is 14.2. The number of fused-ring (bicyclic) bond motifs is 1. The molecule has 3 rings (SSSR count). The van der Waals surface area contributed by atoms with Crippen molar-refractivity contribution in [2.45, 2.75) is 46.0 Å². The Hall–Kier alpha value is -2.44. The predicted octanol–water partition coefficient (Wildman–Crippen LogP) is 2.08. The highest BCUT2D eigenvalue weighted by atomic mass is 16.2. The standard InChI is InChI=1S/C17H23N5O2/c1-12-10-13(2)22-15(18-12)11-14(20-22)19-16(23)7-9-21-8-5-3-4-6-17(21)24/h10-11H,3-9H2,1-2H3,(H,19,20,23). The molecule has 0 aromatic carbocycles. The van der Waals surface area contributed by atoms with Crippen molar-refractivity contribution in [1.82, 2.24) is 19.5 Å². The molecule has 7 heteroatoms. The van der Waals surface area contributed by atoms with Crippen LogP contribution in [0.2, 0.25) is 0 Å². The molecule has 0 atom stereocenters. The lowest BCUT2D eigenvalue weighted by molar-refractivity contribution is -0.131. The third kappa shape index (κ3) is 3.72. The van der Waals surface area contributed by atoms with Crippen LogP contribution >= 0.6 is 0 Å². The number of anilines is 1. The van der Waals surface area contributed by atoms with Crippen LogP contribution in [0.5, 0.6) is 0 Å². The van der Waals surface area contributed by atoms with Gasteiger partial charge in [0.25, 0.3) is 0 Å². The molecule has 24 heavy (non-hydrogen) atoms. The van der Waals surface area contributed by atoms with Crippen LogP contribution in [0.1, 0.15) is 43.5 Å². The van der Waals surface area contributed by atoms with E-state index >= 15 is 0 Å². The van der Waals surface area contributed by atoms with E-state index in [9.17, 15) is 9.59 Å². The van der Waals surface area contributed by atoms with E-state index in [0.29, 0.717) is 24.4 Å². The number of aryl methyl sites for hydroxylation is 2. The first-order valence-corrected chi connectivity index (χ1v) is 8.44. The monoisotopic (exact) mass is 329 g/mol. The summed E-state index contributed by atoms with van der Waals surface area (Å²) in [6, 6.07) is 3.70. The van der Waals surface area contributed by atoms with E-state index in [-0.39, 0.29) is 18.2 Å². The average molecular weight is 329 g/mol. The Morgan fingerprint density at radius 2 is 2.08 bits per heavy atom. The van der Waals surface area contributed by atoms with Crippen molar-refractivity contribution in [2.75, 3.05) is 18.4 Å². The molecule has 0 unspecified atom stereocenters. The van der Waals surface area contributed by atoms with Crippen LogP contribution in [-0.2, 0) is 9.59 Å². The van der Waals surface area contributed by atoms with Crippen LogP contribution in [0.15, 0.2) is 12.1 Å². The summed E-state index contributed by atoms with van der Waals surface area (Å²) in [4.78, 5) is 30.3. The quantitative estimate of drug-likeness (QED) is 0.931. The van der Waals surface area contributed by atoms with Crippen LogP contribution < -0.4 is 5.32 Å². The maximum Gasteiger partial charge on any atom is 0.227 e. The second-order valence-corrected chi connectivity index (χ2v) is 6.33. The first-order valence-electron chi connectivity index (χ1n) is 8.44. The molecule has 2 amide bonds. The molecule has 1 N–H and O–H groups in total. The van der Waals surface area contributed by atoms with E-state index in [2.05, 4.69) is 15.4 Å². The summed E-state index contributed by atoms with van der Waals surface area (Å²) in [6.45, 7) is 5.10. The van der Waals surface area contributed by atoms with Gasteiger partial charge in [-0.05, 0) is 32.8 Å². The maximum atomic E-state index is 12.2. The Bertz CT molecular complexity index is 768. The molecule has 0 bridgehead atoms. The molecule has 128 valence electrons. The molecule has 1 aliphatic rings. The van der Waals surface area contributed by atoms with Crippen LogP contribution in [0.3, 0.4) is 0 Å². The van der Waals surface area contributed by atoms with Gasteiger partial charge in [0.15, 0.2) is 11.5 Å². The van der Waals surface area contributed by atoms with E-state index in [1.807, 2.05) is 19.9 Å². The number of hydrogen-bond donors (Lipinski definition) is 1. The van der Waals surface area contributed by atoms with E-state index in [1.165, 1.54) is 0 Å². The Kier molecular flexibility index (Phi) is 4.78. The van der Waals surface area contributed by atoms with Gasteiger partial charge >= 0.3 is 0 Å². The SMILES string of the molecule is Cc1cc(C)n2nc(NC(=O)CCN3CCCCCC3=O)cc2n1. The predicted molar refractivity (Wildman–Crippen MR) is 90.8 cm³/mol. The largest absolute Gasteiger partial charge is 0.342 e. The summed E-state index contributed by atoms with van der Waals surface area (Å²) >= 11 is 0. The van der Waals surface area contributed by atoms with Crippen molar-refractivity contribution in [3.8, 4) is 0 Å². The second kappa shape index (κ2) is 6.98. The number of likely N-dealkylation sites (tertiary alicyclic amines) is 1. The fourth-order valence-corrected chi connectivity index (χ4v) is 3.06. The highest BCUT2D eigenvalue weighted by Gasteiger charge is 2.17. The van der Waals surface area contributed by atoms with Crippen molar-refractivity contribution in [1.29, 1.82) is 0 Å². The molecule has 1 fully saturated rings. The molecule has 0 saturated carbocycles. The van der Waals surface area contributed by atoms with E-state index in [0.717, 1.165) is 37.2 Å². The van der Waals surface area contributed by atoms with Gasteiger partial charge in [-0.15, -0.1) is 5.10 Å². The van der Waals surface area contributed by atoms with Crippen LogP contribution in [-0.4, -0.2) is 44.4 Å². The van der Waals surface area contributed by atoms with Crippen LogP contribution in [0, 0.1) is 13.8 Å². The summed E-state index contributed by atoms with van der Waals surface area (Å²) in [5.41, 5.74) is 2.59. The van der Waals surface area contributed by atoms with Crippen molar-refractivity contribution in [2.24, 2.45) is 0 Å². The Morgan fingerprint density at radius 1 is 1.25 bits per heavy atom. The summed E-state index contributed by atoms with van der Waals surface area (Å²) < 4.78 is 1.71. The third-order valence-corrected chi connectivity index (χ3v) is 4.28. The topological polar surface area (TPSA) is 79.6 Å². The van der Waals surface area contributed by atoms with Gasteiger partial charge in [-0.2, -0.15) is 0 Å². The zero-order valence-corrected chi connectivity index (χ0v) is 14.2. The number of rotatable bonds is 4. The maximum absolute atomic E-state index is 12.2. The number of nitrogens with one attached hydrogen (secondary N) is 1. The first-order chi connectivity index (χ1) is 11.5. The van der Waals surface area contributed by atoms with Gasteiger partial charge in [-0.25, -0.2) is 9.50 Å². The molecule has 0 radical (unpaired) electrons. The fraction of sp³-hybridized carbons (Fsp3) is 0.529. The molecular formula is C17H23N5O2. The number of carbonyl (C=O) groups excluding carboxylic acids is 2. The molecule has 0 aliphatic carbocycles. The van der Waals surface area contributed by atoms with Crippen molar-refractivity contribution in [3.05, 3.63) is 23.5 Å². The lowest BCUT2D eigenvalue weighted by Gasteiger charge is -2.19. The van der Waals surface area contributed by atoms with Crippen molar-refractivity contribution < 1.29 is 9.59 Å². The van der Waals surface area contributed by atoms with E-state index in [4.69, 9.17) is 0 Å². The second-order valence-electron chi connectivity index (χ2n) is 6.33. The van der Waals surface area contributed by atoms with Gasteiger partial charge in [0.2, 0.25) is 11.8 Å². The van der Waals surface area contributed by atoms with Gasteiger partial charge in [-0.3, -0.25) is 9.59 Å². The lowest BCUT2D eigenvalue weighted by Crippen LogP contribution is -2.33. The average Bonchev–Trinajstić information content (AvgIpc) is 2.80. The minimum Gasteiger partial charge on any atom is -0.342 e. The molecule has 2 aromatic rings. The molecule has 7 nitrogen and oxygen atoms in total. The van der Waals surface area contributed by atoms with Gasteiger partial charge < -0.3 is 10.2 Å². The first kappa shape index (κ1) is 16.4. The Balaban J connectivity index is 1.60. The minimum atomic E-state index is -0.134. The van der Waals surface area contributed by atoms with Crippen molar-refractivity contribution >= 4 is 23.3 Å². The number of carbonyl (C=O) groups is 2. The third-order valence-electron chi connectivity index (χ3n) is 4.28. The number of amides is 2. The Morgan fingerprint density at radius 3 is 2.92 bits per heavy atom. The normalized spacial score (nSPS) is 15.6. The van der Waals surface area contributed by atoms with Crippen molar-refractivity contribution in [3.63, 3.8) is 0 Å². The van der Waals surface area contributed by atoms with Gasteiger partial charge in [0.1, 0.15) is 0 Å². The molecular weight excluding hydrogens is 306 g/mol. The van der Waals surface area contributed by atoms with Gasteiger partial charge in [-0.1, -0.05) is 6.42 Å². The van der Waals surface area contributed by atoms with Crippen LogP contribution in [0.25, 0.3) is 5.65 Å². The van der Waals surface area contributed by atoms with E-state index < -0.39 is 0 Å². The van der Waals surface area contributed by atoms with Gasteiger partial charge in [0, 0.05) is 43.4 Å². The van der Waals surface area contributed by atoms with Crippen LogP contribution in [0.4, 0.5) is 5.82 Å². The smallest absolute Gasteiger partial charge is 0.227 e.